The molecule has 8 rings (SSSR count). The average molecular weight is 842 g/mol. The Morgan fingerprint density at radius 3 is 1.38 bits per heavy atom. The van der Waals surface area contributed by atoms with E-state index in [4.69, 9.17) is 61.6 Å². The largest absolute Gasteiger partial charge is 0.488 e. The van der Waals surface area contributed by atoms with Crippen LogP contribution in [0.4, 0.5) is 17.6 Å². The summed E-state index contributed by atoms with van der Waals surface area (Å²) in [6.45, 7) is 0.452. The smallest absolute Gasteiger partial charge is 0.282 e. The van der Waals surface area contributed by atoms with Gasteiger partial charge in [-0.05, 0) is 82.8 Å². The van der Waals surface area contributed by atoms with Gasteiger partial charge in [-0.3, -0.25) is 9.59 Å². The number of fused-ring (bicyclic) bond motifs is 2. The summed E-state index contributed by atoms with van der Waals surface area (Å²) in [7, 11) is 0. The molecule has 4 aliphatic rings. The standard InChI is InChI=1S/C20H18ClF2NO2.C19H17ClF2N2O2.CH2Cl2/c1-2-16-8-15-7-14(9-17(21)18(15)26-16)12-3-5-13(6-4-12)19(25)24-10-20(22,23)11-24;20-16-7-13(5-14-6-15(8-23)26-17(14)16)11-1-3-12(4-2-11)18(25)24-9-19(21,22)10-24;2-1-3/h3-7,9,16H,2,8,10-11H2,1H3;1-5,7,15H,6,8-10,23H2;1H2. The first kappa shape index (κ1) is 40.9. The van der Waals surface area contributed by atoms with E-state index in [-0.39, 0.29) is 29.4 Å². The summed E-state index contributed by atoms with van der Waals surface area (Å²) in [6, 6.07) is 21.6. The number of hydrogen-bond acceptors (Lipinski definition) is 5. The molecule has 2 atom stereocenters. The molecule has 55 heavy (non-hydrogen) atoms. The van der Waals surface area contributed by atoms with E-state index in [0.717, 1.165) is 61.8 Å². The highest BCUT2D eigenvalue weighted by Crippen LogP contribution is 2.41. The van der Waals surface area contributed by atoms with E-state index in [0.29, 0.717) is 39.9 Å². The molecule has 2 unspecified atom stereocenters. The summed E-state index contributed by atoms with van der Waals surface area (Å²) in [5.41, 5.74) is 12.2. The van der Waals surface area contributed by atoms with Crippen LogP contribution in [0.1, 0.15) is 45.2 Å². The third kappa shape index (κ3) is 9.29. The van der Waals surface area contributed by atoms with E-state index in [2.05, 4.69) is 13.0 Å². The number of alkyl halides is 6. The lowest BCUT2D eigenvalue weighted by atomic mass is 9.99. The van der Waals surface area contributed by atoms with Crippen LogP contribution >= 0.6 is 46.4 Å². The van der Waals surface area contributed by atoms with Gasteiger partial charge in [0, 0.05) is 36.1 Å². The predicted octanol–water partition coefficient (Wildman–Crippen LogP) is 9.59. The highest BCUT2D eigenvalue weighted by molar-refractivity contribution is 6.40. The summed E-state index contributed by atoms with van der Waals surface area (Å²) in [5.74, 6) is -4.83. The summed E-state index contributed by atoms with van der Waals surface area (Å²) >= 11 is 22.2. The number of carbonyl (C=O) groups excluding carboxylic acids is 2. The first-order valence-corrected chi connectivity index (χ1v) is 19.3. The maximum atomic E-state index is 12.9. The molecule has 4 aromatic carbocycles. The lowest BCUT2D eigenvalue weighted by Gasteiger charge is -2.38. The van der Waals surface area contributed by atoms with Crippen molar-refractivity contribution in [2.75, 3.05) is 38.1 Å². The lowest BCUT2D eigenvalue weighted by Crippen LogP contribution is -2.58. The summed E-state index contributed by atoms with van der Waals surface area (Å²) in [6.07, 6.45) is 2.56. The molecular weight excluding hydrogens is 804 g/mol. The molecule has 4 aliphatic heterocycles. The normalized spacial score (nSPS) is 19.5. The molecule has 2 amide bonds. The second-order valence-corrected chi connectivity index (χ2v) is 15.3. The van der Waals surface area contributed by atoms with Gasteiger partial charge in [-0.25, -0.2) is 17.6 Å². The number of nitrogens with two attached hydrogens (primary N) is 1. The van der Waals surface area contributed by atoms with Crippen LogP contribution < -0.4 is 15.2 Å². The first-order valence-electron chi connectivity index (χ1n) is 17.5. The van der Waals surface area contributed by atoms with Crippen molar-refractivity contribution in [3.8, 4) is 33.8 Å². The van der Waals surface area contributed by atoms with Gasteiger partial charge < -0.3 is 25.0 Å². The van der Waals surface area contributed by atoms with Crippen LogP contribution in [0.3, 0.4) is 0 Å². The number of likely N-dealkylation sites (tertiary alicyclic amines) is 2. The zero-order chi connectivity index (χ0) is 39.7. The predicted molar refractivity (Wildman–Crippen MR) is 208 cm³/mol. The third-order valence-electron chi connectivity index (χ3n) is 9.62. The summed E-state index contributed by atoms with van der Waals surface area (Å²) in [4.78, 5) is 26.7. The molecule has 2 fully saturated rings. The number of amides is 2. The number of benzene rings is 4. The quantitative estimate of drug-likeness (QED) is 0.155. The molecule has 0 spiro atoms. The van der Waals surface area contributed by atoms with Crippen molar-refractivity contribution < 1.29 is 36.6 Å². The maximum Gasteiger partial charge on any atom is 0.282 e. The molecule has 2 N–H and O–H groups in total. The second kappa shape index (κ2) is 16.8. The Morgan fingerprint density at radius 1 is 0.673 bits per heavy atom. The first-order chi connectivity index (χ1) is 26.1. The Morgan fingerprint density at radius 2 is 1.04 bits per heavy atom. The molecule has 4 heterocycles. The Kier molecular flexibility index (Phi) is 12.5. The SMILES string of the molecule is CCC1Cc2cc(-c3ccc(C(=O)N4CC(F)(F)C4)cc3)cc(Cl)c2O1.ClCCl.NCC1Cc2cc(-c3ccc(C(=O)N4CC(F)(F)C4)cc3)cc(Cl)c2O1. The second-order valence-electron chi connectivity index (χ2n) is 13.7. The number of rotatable bonds is 6. The minimum absolute atomic E-state index is 0.0626. The Hall–Kier alpha value is -3.74. The molecule has 292 valence electrons. The molecule has 15 heteroatoms. The van der Waals surface area contributed by atoms with Crippen LogP contribution in [-0.4, -0.2) is 83.7 Å². The van der Waals surface area contributed by atoms with E-state index < -0.39 is 38.0 Å². The average Bonchev–Trinajstić information content (AvgIpc) is 3.78. The number of nitrogens with zero attached hydrogens (tertiary/aromatic N) is 2. The van der Waals surface area contributed by atoms with Crippen molar-refractivity contribution >= 4 is 58.2 Å². The van der Waals surface area contributed by atoms with Crippen LogP contribution in [0.5, 0.6) is 11.5 Å². The van der Waals surface area contributed by atoms with Crippen LogP contribution in [0.15, 0.2) is 72.8 Å². The summed E-state index contributed by atoms with van der Waals surface area (Å²) < 4.78 is 63.3. The lowest BCUT2D eigenvalue weighted by molar-refractivity contribution is -0.113. The van der Waals surface area contributed by atoms with E-state index >= 15 is 0 Å². The number of ether oxygens (including phenoxy) is 2. The van der Waals surface area contributed by atoms with Crippen molar-refractivity contribution in [2.24, 2.45) is 5.73 Å². The van der Waals surface area contributed by atoms with Gasteiger partial charge in [-0.15, -0.1) is 23.2 Å². The van der Waals surface area contributed by atoms with Crippen molar-refractivity contribution in [3.63, 3.8) is 0 Å². The van der Waals surface area contributed by atoms with Gasteiger partial charge in [0.1, 0.15) is 23.7 Å². The minimum atomic E-state index is -2.76. The van der Waals surface area contributed by atoms with E-state index in [1.54, 1.807) is 36.4 Å². The fourth-order valence-electron chi connectivity index (χ4n) is 6.75. The third-order valence-corrected chi connectivity index (χ3v) is 10.2. The maximum absolute atomic E-state index is 12.9. The molecule has 0 saturated carbocycles. The van der Waals surface area contributed by atoms with Gasteiger partial charge in [0.2, 0.25) is 0 Å². The van der Waals surface area contributed by atoms with Gasteiger partial charge in [-0.1, -0.05) is 54.4 Å². The number of hydrogen-bond donors (Lipinski definition) is 1. The van der Waals surface area contributed by atoms with E-state index in [1.807, 2.05) is 30.3 Å². The molecule has 0 radical (unpaired) electrons. The van der Waals surface area contributed by atoms with Gasteiger partial charge in [-0.2, -0.15) is 0 Å². The summed E-state index contributed by atoms with van der Waals surface area (Å²) in [5, 5.41) is 1.30. The van der Waals surface area contributed by atoms with Crippen molar-refractivity contribution in [1.82, 2.24) is 9.80 Å². The monoisotopic (exact) mass is 839 g/mol. The molecule has 7 nitrogen and oxygen atoms in total. The number of halogens is 8. The molecular formula is C40H37Cl4F4N3O4. The van der Waals surface area contributed by atoms with Crippen molar-refractivity contribution in [1.29, 1.82) is 0 Å². The van der Waals surface area contributed by atoms with Crippen molar-refractivity contribution in [3.05, 3.63) is 105 Å². The van der Waals surface area contributed by atoms with Gasteiger partial charge in [0.15, 0.2) is 0 Å². The molecule has 0 bridgehead atoms. The van der Waals surface area contributed by atoms with Gasteiger partial charge in [0.05, 0.1) is 41.6 Å². The van der Waals surface area contributed by atoms with Crippen LogP contribution in [0.2, 0.25) is 10.0 Å². The Balaban J connectivity index is 0.000000175. The fourth-order valence-corrected chi connectivity index (χ4v) is 7.32. The molecule has 4 aromatic rings. The van der Waals surface area contributed by atoms with Gasteiger partial charge in [0.25, 0.3) is 23.7 Å². The topological polar surface area (TPSA) is 85.1 Å². The van der Waals surface area contributed by atoms with Crippen LogP contribution in [0.25, 0.3) is 22.3 Å². The Labute approximate surface area is 336 Å². The van der Waals surface area contributed by atoms with E-state index in [9.17, 15) is 27.2 Å². The van der Waals surface area contributed by atoms with E-state index in [1.165, 1.54) is 0 Å². The Bertz CT molecular complexity index is 1890. The van der Waals surface area contributed by atoms with Gasteiger partial charge >= 0.3 is 0 Å². The highest BCUT2D eigenvalue weighted by Gasteiger charge is 2.47. The zero-order valence-electron chi connectivity index (χ0n) is 29.6. The fraction of sp³-hybridized carbons (Fsp3) is 0.350. The van der Waals surface area contributed by atoms with Crippen LogP contribution in [-0.2, 0) is 12.8 Å². The molecule has 2 saturated heterocycles. The molecule has 0 aliphatic carbocycles. The highest BCUT2D eigenvalue weighted by atomic mass is 35.5. The molecule has 0 aromatic heterocycles. The van der Waals surface area contributed by atoms with Crippen LogP contribution in [0, 0.1) is 0 Å². The zero-order valence-corrected chi connectivity index (χ0v) is 32.6. The number of carbonyl (C=O) groups is 2. The van der Waals surface area contributed by atoms with Crippen molar-refractivity contribution in [2.45, 2.75) is 50.2 Å². The minimum Gasteiger partial charge on any atom is -0.488 e.